The number of amides is 1. The maximum atomic E-state index is 12.7. The maximum absolute atomic E-state index is 12.7. The molecule has 0 unspecified atom stereocenters. The summed E-state index contributed by atoms with van der Waals surface area (Å²) >= 11 is 0. The number of nitrogens with one attached hydrogen (secondary N) is 1. The van der Waals surface area contributed by atoms with Gasteiger partial charge in [-0.3, -0.25) is 9.69 Å². The second-order valence-corrected chi connectivity index (χ2v) is 9.26. The molecular formula is C19H31N3O3S. The van der Waals surface area contributed by atoms with Crippen LogP contribution < -0.4 is 5.32 Å². The van der Waals surface area contributed by atoms with E-state index >= 15 is 0 Å². The van der Waals surface area contributed by atoms with Crippen molar-refractivity contribution < 1.29 is 13.2 Å². The quantitative estimate of drug-likeness (QED) is 0.750. The number of carbonyl (C=O) groups is 1. The van der Waals surface area contributed by atoms with Crippen molar-refractivity contribution in [2.24, 2.45) is 0 Å². The lowest BCUT2D eigenvalue weighted by Gasteiger charge is -2.30. The van der Waals surface area contributed by atoms with Gasteiger partial charge in [0.05, 0.1) is 4.90 Å². The van der Waals surface area contributed by atoms with Gasteiger partial charge >= 0.3 is 0 Å². The van der Waals surface area contributed by atoms with Gasteiger partial charge in [-0.05, 0) is 58.7 Å². The lowest BCUT2D eigenvalue weighted by molar-refractivity contribution is 0.0939. The second-order valence-electron chi connectivity index (χ2n) is 7.32. The fraction of sp³-hybridized carbons (Fsp3) is 0.632. The van der Waals surface area contributed by atoms with Gasteiger partial charge in [-0.15, -0.1) is 0 Å². The SMILES string of the molecule is CC(C)N(CCNC(=O)c1cccc(S(=O)(=O)N2CCCC2)c1)C(C)C. The van der Waals surface area contributed by atoms with Crippen molar-refractivity contribution in [3.05, 3.63) is 29.8 Å². The molecule has 1 amide bonds. The van der Waals surface area contributed by atoms with Crippen LogP contribution in [0.2, 0.25) is 0 Å². The monoisotopic (exact) mass is 381 g/mol. The van der Waals surface area contributed by atoms with Crippen LogP contribution in [0.5, 0.6) is 0 Å². The van der Waals surface area contributed by atoms with Gasteiger partial charge in [-0.25, -0.2) is 8.42 Å². The lowest BCUT2D eigenvalue weighted by atomic mass is 10.2. The Labute approximate surface area is 157 Å². The first-order valence-electron chi connectivity index (χ1n) is 9.37. The van der Waals surface area contributed by atoms with Gasteiger partial charge < -0.3 is 5.32 Å². The summed E-state index contributed by atoms with van der Waals surface area (Å²) in [4.78, 5) is 14.9. The van der Waals surface area contributed by atoms with Gasteiger partial charge in [-0.2, -0.15) is 4.31 Å². The molecule has 0 atom stereocenters. The van der Waals surface area contributed by atoms with E-state index in [1.165, 1.54) is 10.4 Å². The van der Waals surface area contributed by atoms with Crippen LogP contribution in [-0.4, -0.2) is 61.8 Å². The highest BCUT2D eigenvalue weighted by Crippen LogP contribution is 2.21. The van der Waals surface area contributed by atoms with E-state index in [4.69, 9.17) is 0 Å². The Morgan fingerprint density at radius 1 is 1.15 bits per heavy atom. The largest absolute Gasteiger partial charge is 0.351 e. The molecule has 0 radical (unpaired) electrons. The van der Waals surface area contributed by atoms with E-state index in [0.29, 0.717) is 37.3 Å². The Bertz CT molecular complexity index is 702. The summed E-state index contributed by atoms with van der Waals surface area (Å²) < 4.78 is 26.8. The highest BCUT2D eigenvalue weighted by atomic mass is 32.2. The molecule has 1 aliphatic rings. The van der Waals surface area contributed by atoms with Crippen molar-refractivity contribution in [1.29, 1.82) is 0 Å². The summed E-state index contributed by atoms with van der Waals surface area (Å²) in [5.41, 5.74) is 0.380. The number of rotatable bonds is 8. The van der Waals surface area contributed by atoms with E-state index in [1.54, 1.807) is 18.2 Å². The molecule has 0 saturated carbocycles. The van der Waals surface area contributed by atoms with Crippen LogP contribution in [0.1, 0.15) is 50.9 Å². The Morgan fingerprint density at radius 2 is 1.77 bits per heavy atom. The van der Waals surface area contributed by atoms with Crippen molar-refractivity contribution in [2.75, 3.05) is 26.2 Å². The molecular weight excluding hydrogens is 350 g/mol. The molecule has 0 spiro atoms. The standard InChI is InChI=1S/C19H31N3O3S/c1-15(2)22(16(3)4)13-10-20-19(23)17-8-7-9-18(14-17)26(24,25)21-11-5-6-12-21/h7-9,14-16H,5-6,10-13H2,1-4H3,(H,20,23). The highest BCUT2D eigenvalue weighted by molar-refractivity contribution is 7.89. The number of hydrogen-bond donors (Lipinski definition) is 1. The topological polar surface area (TPSA) is 69.7 Å². The Hall–Kier alpha value is -1.44. The Kier molecular flexibility index (Phi) is 7.20. The average Bonchev–Trinajstić information content (AvgIpc) is 3.13. The lowest BCUT2D eigenvalue weighted by Crippen LogP contribution is -2.42. The van der Waals surface area contributed by atoms with E-state index < -0.39 is 10.0 Å². The van der Waals surface area contributed by atoms with Crippen molar-refractivity contribution in [3.8, 4) is 0 Å². The summed E-state index contributed by atoms with van der Waals surface area (Å²) in [5, 5.41) is 2.90. The average molecular weight is 382 g/mol. The number of carbonyl (C=O) groups excluding carboxylic acids is 1. The molecule has 1 N–H and O–H groups in total. The van der Waals surface area contributed by atoms with Crippen LogP contribution in [0.15, 0.2) is 29.2 Å². The highest BCUT2D eigenvalue weighted by Gasteiger charge is 2.27. The van der Waals surface area contributed by atoms with Crippen molar-refractivity contribution >= 4 is 15.9 Å². The summed E-state index contributed by atoms with van der Waals surface area (Å²) in [6, 6.07) is 7.13. The smallest absolute Gasteiger partial charge is 0.251 e. The Balaban J connectivity index is 2.02. The van der Waals surface area contributed by atoms with Crippen molar-refractivity contribution in [3.63, 3.8) is 0 Å². The predicted molar refractivity (Wildman–Crippen MR) is 104 cm³/mol. The molecule has 1 saturated heterocycles. The third-order valence-corrected chi connectivity index (χ3v) is 6.68. The first-order valence-corrected chi connectivity index (χ1v) is 10.8. The first kappa shape index (κ1) is 20.9. The molecule has 26 heavy (non-hydrogen) atoms. The molecule has 1 heterocycles. The third kappa shape index (κ3) is 5.05. The van der Waals surface area contributed by atoms with Crippen LogP contribution in [0.4, 0.5) is 0 Å². The molecule has 6 nitrogen and oxygen atoms in total. The minimum Gasteiger partial charge on any atom is -0.351 e. The zero-order valence-corrected chi connectivity index (χ0v) is 17.1. The van der Waals surface area contributed by atoms with E-state index in [9.17, 15) is 13.2 Å². The van der Waals surface area contributed by atoms with E-state index in [2.05, 4.69) is 37.9 Å². The van der Waals surface area contributed by atoms with Crippen LogP contribution in [-0.2, 0) is 10.0 Å². The van der Waals surface area contributed by atoms with Gasteiger partial charge in [0.2, 0.25) is 10.0 Å². The molecule has 1 aromatic carbocycles. The molecule has 2 rings (SSSR count). The van der Waals surface area contributed by atoms with Crippen molar-refractivity contribution in [1.82, 2.24) is 14.5 Å². The van der Waals surface area contributed by atoms with E-state index in [0.717, 1.165) is 19.4 Å². The number of hydrogen-bond acceptors (Lipinski definition) is 4. The van der Waals surface area contributed by atoms with Crippen LogP contribution in [0.3, 0.4) is 0 Å². The second kappa shape index (κ2) is 8.97. The van der Waals surface area contributed by atoms with E-state index in [1.807, 2.05) is 0 Å². The summed E-state index contributed by atoms with van der Waals surface area (Å²) in [6.45, 7) is 10.9. The minimum atomic E-state index is -3.51. The van der Waals surface area contributed by atoms with E-state index in [-0.39, 0.29) is 10.8 Å². The molecule has 0 bridgehead atoms. The molecule has 7 heteroatoms. The van der Waals surface area contributed by atoms with Gasteiger partial charge in [-0.1, -0.05) is 6.07 Å². The summed E-state index contributed by atoms with van der Waals surface area (Å²) in [6.07, 6.45) is 1.78. The maximum Gasteiger partial charge on any atom is 0.251 e. The van der Waals surface area contributed by atoms with Gasteiger partial charge in [0, 0.05) is 43.8 Å². The third-order valence-electron chi connectivity index (χ3n) is 4.78. The fourth-order valence-electron chi connectivity index (χ4n) is 3.39. The number of benzene rings is 1. The molecule has 0 aromatic heterocycles. The van der Waals surface area contributed by atoms with Crippen molar-refractivity contribution in [2.45, 2.75) is 57.5 Å². The summed E-state index contributed by atoms with van der Waals surface area (Å²) in [5.74, 6) is -0.240. The number of nitrogens with zero attached hydrogens (tertiary/aromatic N) is 2. The molecule has 146 valence electrons. The zero-order valence-electron chi connectivity index (χ0n) is 16.2. The van der Waals surface area contributed by atoms with Crippen LogP contribution >= 0.6 is 0 Å². The molecule has 1 fully saturated rings. The molecule has 1 aliphatic heterocycles. The molecule has 1 aromatic rings. The number of sulfonamides is 1. The van der Waals surface area contributed by atoms with Crippen LogP contribution in [0.25, 0.3) is 0 Å². The Morgan fingerprint density at radius 3 is 2.35 bits per heavy atom. The zero-order chi connectivity index (χ0) is 19.3. The first-order chi connectivity index (χ1) is 12.2. The predicted octanol–water partition coefficient (Wildman–Crippen LogP) is 2.32. The molecule has 0 aliphatic carbocycles. The van der Waals surface area contributed by atoms with Gasteiger partial charge in [0.25, 0.3) is 5.91 Å². The van der Waals surface area contributed by atoms with Crippen LogP contribution in [0, 0.1) is 0 Å². The normalized spacial score (nSPS) is 16.0. The summed E-state index contributed by atoms with van der Waals surface area (Å²) in [7, 11) is -3.51. The van der Waals surface area contributed by atoms with Gasteiger partial charge in [0.1, 0.15) is 0 Å². The minimum absolute atomic E-state index is 0.193. The fourth-order valence-corrected chi connectivity index (χ4v) is 4.95. The van der Waals surface area contributed by atoms with Gasteiger partial charge in [0.15, 0.2) is 0 Å².